The van der Waals surface area contributed by atoms with Crippen LogP contribution < -0.4 is 16.4 Å². The lowest BCUT2D eigenvalue weighted by molar-refractivity contribution is -0.123. The van der Waals surface area contributed by atoms with Crippen LogP contribution in [0.5, 0.6) is 0 Å². The van der Waals surface area contributed by atoms with Crippen LogP contribution in [0.2, 0.25) is 0 Å². The monoisotopic (exact) mass is 455 g/mol. The molecule has 1 fully saturated rings. The molecule has 2 amide bonds. The van der Waals surface area contributed by atoms with E-state index in [2.05, 4.69) is 15.5 Å². The Morgan fingerprint density at radius 1 is 1.11 bits per heavy atom. The van der Waals surface area contributed by atoms with Crippen molar-refractivity contribution in [2.75, 3.05) is 51.1 Å². The number of anilines is 1. The average molecular weight is 456 g/mol. The Morgan fingerprint density at radius 3 is 2.32 bits per heavy atom. The molecular weight excluding hydrogens is 429 g/mol. The van der Waals surface area contributed by atoms with E-state index in [1.807, 2.05) is 6.92 Å². The van der Waals surface area contributed by atoms with Crippen LogP contribution in [0.3, 0.4) is 0 Å². The summed E-state index contributed by atoms with van der Waals surface area (Å²) in [5.74, 6) is -0.902. The molecule has 1 saturated heterocycles. The van der Waals surface area contributed by atoms with E-state index in [1.165, 1.54) is 16.4 Å². The number of benzene rings is 1. The summed E-state index contributed by atoms with van der Waals surface area (Å²) in [6, 6.07) is 6.09. The number of sulfonamides is 1. The summed E-state index contributed by atoms with van der Waals surface area (Å²) in [5, 5.41) is 4.92. The van der Waals surface area contributed by atoms with E-state index in [-0.39, 0.29) is 42.8 Å². The van der Waals surface area contributed by atoms with Gasteiger partial charge in [-0.2, -0.15) is 4.31 Å². The SMILES string of the molecule is CCN1CCN(S(=O)(=O)c2cccc(NC(=O)CNC(=O)CN)c2)CC1.Cl.Cl. The molecule has 4 N–H and O–H groups in total. The number of amides is 2. The second-order valence-electron chi connectivity index (χ2n) is 5.90. The lowest BCUT2D eigenvalue weighted by Crippen LogP contribution is -2.48. The zero-order chi connectivity index (χ0) is 19.2. The van der Waals surface area contributed by atoms with Crippen molar-refractivity contribution in [2.24, 2.45) is 5.73 Å². The molecule has 2 rings (SSSR count). The normalized spacial score (nSPS) is 15.1. The van der Waals surface area contributed by atoms with Gasteiger partial charge >= 0.3 is 0 Å². The van der Waals surface area contributed by atoms with E-state index in [9.17, 15) is 18.0 Å². The molecule has 0 radical (unpaired) electrons. The number of piperazine rings is 1. The maximum absolute atomic E-state index is 12.8. The topological polar surface area (TPSA) is 125 Å². The number of rotatable bonds is 7. The maximum Gasteiger partial charge on any atom is 0.243 e. The summed E-state index contributed by atoms with van der Waals surface area (Å²) in [7, 11) is -3.61. The van der Waals surface area contributed by atoms with E-state index in [1.54, 1.807) is 12.1 Å². The van der Waals surface area contributed by atoms with Crippen molar-refractivity contribution in [3.05, 3.63) is 24.3 Å². The molecule has 1 aliphatic heterocycles. The van der Waals surface area contributed by atoms with Crippen LogP contribution in [-0.4, -0.2) is 75.3 Å². The van der Waals surface area contributed by atoms with Gasteiger partial charge in [-0.15, -0.1) is 24.8 Å². The smallest absolute Gasteiger partial charge is 0.243 e. The summed E-state index contributed by atoms with van der Waals surface area (Å²) in [6.07, 6.45) is 0. The average Bonchev–Trinajstić information content (AvgIpc) is 2.66. The number of nitrogens with one attached hydrogen (secondary N) is 2. The number of halogens is 2. The zero-order valence-electron chi connectivity index (χ0n) is 15.6. The van der Waals surface area contributed by atoms with Crippen LogP contribution in [-0.2, 0) is 19.6 Å². The first kappa shape index (κ1) is 26.6. The van der Waals surface area contributed by atoms with Gasteiger partial charge in [0.05, 0.1) is 18.0 Å². The standard InChI is InChI=1S/C16H25N5O4S.2ClH/c1-2-20-6-8-21(9-7-20)26(24,25)14-5-3-4-13(10-14)19-16(23)12-18-15(22)11-17;;/h3-5,10H,2,6-9,11-12,17H2,1H3,(H,18,22)(H,19,23);2*1H. The van der Waals surface area contributed by atoms with Crippen LogP contribution in [0.4, 0.5) is 5.69 Å². The van der Waals surface area contributed by atoms with E-state index < -0.39 is 21.8 Å². The fraction of sp³-hybridized carbons (Fsp3) is 0.500. The van der Waals surface area contributed by atoms with E-state index in [0.717, 1.165) is 6.54 Å². The van der Waals surface area contributed by atoms with Gasteiger partial charge in [0.1, 0.15) is 0 Å². The number of hydrogen-bond donors (Lipinski definition) is 3. The number of nitrogens with zero attached hydrogens (tertiary/aromatic N) is 2. The molecule has 28 heavy (non-hydrogen) atoms. The van der Waals surface area contributed by atoms with Gasteiger partial charge < -0.3 is 21.3 Å². The highest BCUT2D eigenvalue weighted by molar-refractivity contribution is 7.89. The van der Waals surface area contributed by atoms with Crippen molar-refractivity contribution in [3.8, 4) is 0 Å². The molecule has 0 unspecified atom stereocenters. The Bertz CT molecular complexity index is 755. The van der Waals surface area contributed by atoms with Gasteiger partial charge in [0.25, 0.3) is 0 Å². The number of hydrogen-bond acceptors (Lipinski definition) is 6. The van der Waals surface area contributed by atoms with Crippen molar-refractivity contribution >= 4 is 52.3 Å². The van der Waals surface area contributed by atoms with Crippen LogP contribution in [0.15, 0.2) is 29.2 Å². The quantitative estimate of drug-likeness (QED) is 0.525. The van der Waals surface area contributed by atoms with Gasteiger partial charge in [-0.3, -0.25) is 9.59 Å². The molecule has 12 heteroatoms. The maximum atomic E-state index is 12.8. The van der Waals surface area contributed by atoms with Crippen molar-refractivity contribution in [1.82, 2.24) is 14.5 Å². The van der Waals surface area contributed by atoms with Gasteiger partial charge in [-0.05, 0) is 24.7 Å². The predicted octanol–water partition coefficient (Wildman–Crippen LogP) is -0.130. The molecule has 0 atom stereocenters. The summed E-state index contributed by atoms with van der Waals surface area (Å²) >= 11 is 0. The molecule has 0 spiro atoms. The highest BCUT2D eigenvalue weighted by Gasteiger charge is 2.28. The van der Waals surface area contributed by atoms with E-state index >= 15 is 0 Å². The third kappa shape index (κ3) is 7.19. The Kier molecular flexibility index (Phi) is 11.6. The first-order valence-corrected chi connectivity index (χ1v) is 9.90. The molecule has 1 heterocycles. The van der Waals surface area contributed by atoms with Crippen molar-refractivity contribution < 1.29 is 18.0 Å². The molecule has 0 aromatic heterocycles. The lowest BCUT2D eigenvalue weighted by Gasteiger charge is -2.33. The fourth-order valence-electron chi connectivity index (χ4n) is 2.63. The zero-order valence-corrected chi connectivity index (χ0v) is 18.0. The molecule has 0 aliphatic carbocycles. The third-order valence-corrected chi connectivity index (χ3v) is 6.06. The molecule has 0 saturated carbocycles. The van der Waals surface area contributed by atoms with E-state index in [4.69, 9.17) is 5.73 Å². The summed E-state index contributed by atoms with van der Waals surface area (Å²) in [5.41, 5.74) is 5.50. The Morgan fingerprint density at radius 2 is 1.75 bits per heavy atom. The first-order chi connectivity index (χ1) is 12.4. The molecule has 0 bridgehead atoms. The van der Waals surface area contributed by atoms with Crippen molar-refractivity contribution in [3.63, 3.8) is 0 Å². The molecule has 9 nitrogen and oxygen atoms in total. The highest BCUT2D eigenvalue weighted by Crippen LogP contribution is 2.21. The van der Waals surface area contributed by atoms with Crippen LogP contribution in [0, 0.1) is 0 Å². The van der Waals surface area contributed by atoms with E-state index in [0.29, 0.717) is 31.9 Å². The first-order valence-electron chi connectivity index (χ1n) is 8.46. The van der Waals surface area contributed by atoms with Gasteiger partial charge in [0.2, 0.25) is 21.8 Å². The van der Waals surface area contributed by atoms with Crippen LogP contribution >= 0.6 is 24.8 Å². The van der Waals surface area contributed by atoms with Crippen molar-refractivity contribution in [1.29, 1.82) is 0 Å². The second kappa shape index (κ2) is 12.2. The Balaban J connectivity index is 0.00000364. The third-order valence-electron chi connectivity index (χ3n) is 4.17. The molecule has 1 aromatic rings. The summed E-state index contributed by atoms with van der Waals surface area (Å²) < 4.78 is 27.1. The largest absolute Gasteiger partial charge is 0.346 e. The van der Waals surface area contributed by atoms with Gasteiger partial charge in [0.15, 0.2) is 0 Å². The summed E-state index contributed by atoms with van der Waals surface area (Å²) in [6.45, 7) is 4.80. The minimum atomic E-state index is -3.61. The van der Waals surface area contributed by atoms with Gasteiger partial charge in [-0.25, -0.2) is 8.42 Å². The second-order valence-corrected chi connectivity index (χ2v) is 7.83. The minimum absolute atomic E-state index is 0. The molecule has 160 valence electrons. The molecule has 1 aromatic carbocycles. The number of carbonyl (C=O) groups excluding carboxylic acids is 2. The van der Waals surface area contributed by atoms with Crippen molar-refractivity contribution in [2.45, 2.75) is 11.8 Å². The fourth-order valence-corrected chi connectivity index (χ4v) is 4.09. The number of likely N-dealkylation sites (N-methyl/N-ethyl adjacent to an activating group) is 1. The minimum Gasteiger partial charge on any atom is -0.346 e. The molecular formula is C16H27Cl2N5O4S. The summed E-state index contributed by atoms with van der Waals surface area (Å²) in [4.78, 5) is 25.2. The van der Waals surface area contributed by atoms with Crippen LogP contribution in [0.1, 0.15) is 6.92 Å². The number of nitrogens with two attached hydrogens (primary N) is 1. The predicted molar refractivity (Wildman–Crippen MR) is 113 cm³/mol. The lowest BCUT2D eigenvalue weighted by atomic mass is 10.3. The molecule has 1 aliphatic rings. The van der Waals surface area contributed by atoms with Gasteiger partial charge in [-0.1, -0.05) is 13.0 Å². The highest BCUT2D eigenvalue weighted by atomic mass is 35.5. The van der Waals surface area contributed by atoms with Crippen LogP contribution in [0.25, 0.3) is 0 Å². The van der Waals surface area contributed by atoms with Gasteiger partial charge in [0, 0.05) is 31.9 Å². The Hall–Kier alpha value is -1.43. The number of carbonyl (C=O) groups is 2. The Labute approximate surface area is 177 Å².